The molecule has 0 fully saturated rings. The summed E-state index contributed by atoms with van der Waals surface area (Å²) in [6.45, 7) is 1.53. The van der Waals surface area contributed by atoms with Gasteiger partial charge in [0.15, 0.2) is 11.5 Å². The Morgan fingerprint density at radius 3 is 2.50 bits per heavy atom. The van der Waals surface area contributed by atoms with Gasteiger partial charge in [-0.3, -0.25) is 9.36 Å². The highest BCUT2D eigenvalue weighted by Crippen LogP contribution is 2.37. The second kappa shape index (κ2) is 6.47. The predicted molar refractivity (Wildman–Crippen MR) is 89.7 cm³/mol. The molecule has 0 saturated carbocycles. The zero-order valence-electron chi connectivity index (χ0n) is 14.3. The predicted octanol–water partition coefficient (Wildman–Crippen LogP) is 1.04. The molecule has 0 bridgehead atoms. The molecule has 8 nitrogen and oxygen atoms in total. The third kappa shape index (κ3) is 2.55. The molecule has 0 amide bonds. The van der Waals surface area contributed by atoms with Gasteiger partial charge in [-0.2, -0.15) is 0 Å². The number of benzene rings is 1. The first-order chi connectivity index (χ1) is 12.4. The number of para-hydroxylation sites is 1. The van der Waals surface area contributed by atoms with E-state index in [4.69, 9.17) is 9.47 Å². The molecule has 1 unspecified atom stereocenters. The molecular weight excluding hydrogens is 342 g/mol. The lowest BCUT2D eigenvalue weighted by Gasteiger charge is -2.16. The van der Waals surface area contributed by atoms with Crippen molar-refractivity contribution in [1.82, 2.24) is 4.57 Å². The summed E-state index contributed by atoms with van der Waals surface area (Å²) in [4.78, 5) is 48.9. The molecule has 2 heterocycles. The van der Waals surface area contributed by atoms with Gasteiger partial charge in [0.25, 0.3) is 0 Å². The average Bonchev–Trinajstić information content (AvgIpc) is 3.00. The van der Waals surface area contributed by atoms with Crippen molar-refractivity contribution in [3.63, 3.8) is 0 Å². The minimum Gasteiger partial charge on any atom is -0.466 e. The highest BCUT2D eigenvalue weighted by molar-refractivity contribution is 6.04. The Morgan fingerprint density at radius 1 is 1.15 bits per heavy atom. The van der Waals surface area contributed by atoms with Gasteiger partial charge in [-0.15, -0.1) is 0 Å². The van der Waals surface area contributed by atoms with Crippen LogP contribution in [0.1, 0.15) is 11.6 Å². The third-order valence-corrected chi connectivity index (χ3v) is 4.16. The standard InChI is InChI=1S/C18H15NO7/c1-9-15(21)10-6-4-5-7-12(10)19-14(18(23)26-16(9)19)11(17(22)25-3)8-13(20)24-2/h4-8,14H,1-3H3. The molecule has 0 aliphatic carbocycles. The SMILES string of the molecule is COC(=O)C=C(C(=O)OC)C1C(=O)Oc2c(C)c(=O)c3ccccc3n21. The number of fused-ring (bicyclic) bond motifs is 3. The van der Waals surface area contributed by atoms with Gasteiger partial charge in [-0.05, 0) is 19.1 Å². The molecule has 3 rings (SSSR count). The number of ether oxygens (including phenoxy) is 3. The summed E-state index contributed by atoms with van der Waals surface area (Å²) in [6.07, 6.45) is 0.884. The van der Waals surface area contributed by atoms with Crippen LogP contribution in [0, 0.1) is 6.92 Å². The van der Waals surface area contributed by atoms with Gasteiger partial charge in [0.2, 0.25) is 5.88 Å². The van der Waals surface area contributed by atoms with Crippen molar-refractivity contribution < 1.29 is 28.6 Å². The van der Waals surface area contributed by atoms with Gasteiger partial charge < -0.3 is 14.2 Å². The van der Waals surface area contributed by atoms with Crippen molar-refractivity contribution >= 4 is 28.8 Å². The topological polar surface area (TPSA) is 101 Å². The van der Waals surface area contributed by atoms with Gasteiger partial charge in [0.1, 0.15) is 0 Å². The highest BCUT2D eigenvalue weighted by Gasteiger charge is 2.41. The van der Waals surface area contributed by atoms with Crippen molar-refractivity contribution in [3.05, 3.63) is 51.7 Å². The van der Waals surface area contributed by atoms with E-state index in [-0.39, 0.29) is 22.4 Å². The maximum atomic E-state index is 12.5. The second-order valence-electron chi connectivity index (χ2n) is 5.58. The van der Waals surface area contributed by atoms with E-state index in [9.17, 15) is 19.2 Å². The third-order valence-electron chi connectivity index (χ3n) is 4.16. The smallest absolute Gasteiger partial charge is 0.340 e. The maximum Gasteiger partial charge on any atom is 0.340 e. The van der Waals surface area contributed by atoms with Gasteiger partial charge in [-0.25, -0.2) is 14.4 Å². The molecule has 1 aromatic carbocycles. The van der Waals surface area contributed by atoms with Crippen molar-refractivity contribution in [3.8, 4) is 5.88 Å². The van der Waals surface area contributed by atoms with Crippen molar-refractivity contribution in [1.29, 1.82) is 0 Å². The van der Waals surface area contributed by atoms with Gasteiger partial charge in [-0.1, -0.05) is 12.1 Å². The van der Waals surface area contributed by atoms with E-state index < -0.39 is 23.9 Å². The molecule has 1 atom stereocenters. The first-order valence-corrected chi connectivity index (χ1v) is 7.64. The van der Waals surface area contributed by atoms with Gasteiger partial charge >= 0.3 is 17.9 Å². The summed E-state index contributed by atoms with van der Waals surface area (Å²) in [5.74, 6) is -2.48. The lowest BCUT2D eigenvalue weighted by Crippen LogP contribution is -2.24. The largest absolute Gasteiger partial charge is 0.466 e. The number of aromatic nitrogens is 1. The number of carbonyl (C=O) groups excluding carboxylic acids is 3. The van der Waals surface area contributed by atoms with Crippen LogP contribution in [0.15, 0.2) is 40.7 Å². The molecule has 134 valence electrons. The number of carbonyl (C=O) groups is 3. The lowest BCUT2D eigenvalue weighted by atomic mass is 10.0. The maximum absolute atomic E-state index is 12.5. The molecule has 0 radical (unpaired) electrons. The number of methoxy groups -OCH3 is 2. The van der Waals surface area contributed by atoms with E-state index in [0.29, 0.717) is 10.9 Å². The Hall–Kier alpha value is -3.42. The number of hydrogen-bond donors (Lipinski definition) is 0. The van der Waals surface area contributed by atoms with Crippen LogP contribution in [0.25, 0.3) is 10.9 Å². The quantitative estimate of drug-likeness (QED) is 0.597. The average molecular weight is 357 g/mol. The molecule has 26 heavy (non-hydrogen) atoms. The van der Waals surface area contributed by atoms with E-state index in [1.165, 1.54) is 11.5 Å². The van der Waals surface area contributed by atoms with E-state index in [0.717, 1.165) is 20.3 Å². The van der Waals surface area contributed by atoms with Crippen LogP contribution in [0.5, 0.6) is 5.88 Å². The molecule has 0 spiro atoms. The molecule has 2 aromatic rings. The first-order valence-electron chi connectivity index (χ1n) is 7.64. The number of nitrogens with zero attached hydrogens (tertiary/aromatic N) is 1. The summed E-state index contributed by atoms with van der Waals surface area (Å²) in [6, 6.07) is 5.34. The molecule has 8 heteroatoms. The van der Waals surface area contributed by atoms with Gasteiger partial charge in [0, 0.05) is 11.5 Å². The summed E-state index contributed by atoms with van der Waals surface area (Å²) in [5.41, 5.74) is 0.0867. The normalized spacial score (nSPS) is 16.2. The first kappa shape index (κ1) is 17.4. The van der Waals surface area contributed by atoms with E-state index in [1.54, 1.807) is 24.3 Å². The summed E-state index contributed by atoms with van der Waals surface area (Å²) >= 11 is 0. The summed E-state index contributed by atoms with van der Waals surface area (Å²) in [7, 11) is 2.27. The van der Waals surface area contributed by atoms with Crippen LogP contribution >= 0.6 is 0 Å². The second-order valence-corrected chi connectivity index (χ2v) is 5.58. The molecule has 1 aliphatic rings. The summed E-state index contributed by atoms with van der Waals surface area (Å²) in [5, 5.41) is 0.360. The van der Waals surface area contributed by atoms with Crippen molar-refractivity contribution in [2.45, 2.75) is 13.0 Å². The number of rotatable bonds is 3. The van der Waals surface area contributed by atoms with Crippen LogP contribution in [-0.4, -0.2) is 36.7 Å². The Balaban J connectivity index is 2.35. The van der Waals surface area contributed by atoms with Crippen molar-refractivity contribution in [2.75, 3.05) is 14.2 Å². The molecule has 1 aliphatic heterocycles. The fraction of sp³-hybridized carbons (Fsp3) is 0.222. The number of hydrogen-bond acceptors (Lipinski definition) is 7. The van der Waals surface area contributed by atoms with Crippen LogP contribution in [0.2, 0.25) is 0 Å². The monoisotopic (exact) mass is 357 g/mol. The molecule has 1 aromatic heterocycles. The highest BCUT2D eigenvalue weighted by atomic mass is 16.6. The van der Waals surface area contributed by atoms with Crippen LogP contribution in [0.4, 0.5) is 0 Å². The number of pyridine rings is 1. The summed E-state index contributed by atoms with van der Waals surface area (Å²) < 4.78 is 15.9. The minimum absolute atomic E-state index is 0.0309. The lowest BCUT2D eigenvalue weighted by molar-refractivity contribution is -0.141. The number of esters is 3. The minimum atomic E-state index is -1.28. The van der Waals surface area contributed by atoms with Crippen LogP contribution in [-0.2, 0) is 23.9 Å². The van der Waals surface area contributed by atoms with E-state index in [1.807, 2.05) is 0 Å². The molecule has 0 saturated heterocycles. The van der Waals surface area contributed by atoms with Gasteiger partial charge in [0.05, 0.1) is 30.9 Å². The van der Waals surface area contributed by atoms with Crippen molar-refractivity contribution in [2.24, 2.45) is 0 Å². The Labute approximate surface area is 147 Å². The Morgan fingerprint density at radius 2 is 1.85 bits per heavy atom. The Bertz CT molecular complexity index is 1030. The molecule has 0 N–H and O–H groups in total. The van der Waals surface area contributed by atoms with Crippen LogP contribution < -0.4 is 10.2 Å². The molecular formula is C18H15NO7. The van der Waals surface area contributed by atoms with Crippen LogP contribution in [0.3, 0.4) is 0 Å². The van der Waals surface area contributed by atoms with E-state index >= 15 is 0 Å². The van der Waals surface area contributed by atoms with E-state index in [2.05, 4.69) is 4.74 Å². The fourth-order valence-electron chi connectivity index (χ4n) is 2.92. The zero-order chi connectivity index (χ0) is 19.0. The fourth-order valence-corrected chi connectivity index (χ4v) is 2.92. The zero-order valence-corrected chi connectivity index (χ0v) is 14.3. The Kier molecular flexibility index (Phi) is 4.33.